The molecule has 0 aliphatic carbocycles. The van der Waals surface area contributed by atoms with Crippen molar-refractivity contribution in [3.05, 3.63) is 69.7 Å². The fraction of sp³-hybridized carbons (Fsp3) is 0.222. The van der Waals surface area contributed by atoms with E-state index in [9.17, 15) is 4.39 Å². The smallest absolute Gasteiger partial charge is 0.191 e. The Bertz CT molecular complexity index is 904. The first-order chi connectivity index (χ1) is 12.6. The lowest BCUT2D eigenvalue weighted by atomic mass is 10.2. The van der Waals surface area contributed by atoms with Gasteiger partial charge in [-0.3, -0.25) is 0 Å². The Morgan fingerprint density at radius 3 is 2.69 bits per heavy atom. The van der Waals surface area contributed by atoms with Crippen molar-refractivity contribution >= 4 is 35.0 Å². The van der Waals surface area contributed by atoms with Crippen LogP contribution in [0.2, 0.25) is 10.0 Å². The maximum absolute atomic E-state index is 13.8. The minimum absolute atomic E-state index is 0.219. The molecule has 0 fully saturated rings. The average Bonchev–Trinajstić information content (AvgIpc) is 3.02. The molecule has 0 radical (unpaired) electrons. The molecule has 0 atom stereocenters. The number of aromatic nitrogens is 3. The summed E-state index contributed by atoms with van der Waals surface area (Å²) in [6, 6.07) is 11.8. The summed E-state index contributed by atoms with van der Waals surface area (Å²) >= 11 is 13.4. The number of hydrogen-bond donors (Lipinski definition) is 0. The molecule has 0 saturated carbocycles. The summed E-state index contributed by atoms with van der Waals surface area (Å²) in [5.74, 6) is 1.47. The van der Waals surface area contributed by atoms with Crippen molar-refractivity contribution in [3.63, 3.8) is 0 Å². The molecule has 0 spiro atoms. The first kappa shape index (κ1) is 19.0. The molecule has 0 N–H and O–H groups in total. The number of halogens is 3. The van der Waals surface area contributed by atoms with E-state index in [1.807, 2.05) is 17.6 Å². The van der Waals surface area contributed by atoms with Gasteiger partial charge in [-0.1, -0.05) is 53.2 Å². The molecule has 0 amide bonds. The highest BCUT2D eigenvalue weighted by molar-refractivity contribution is 7.98. The molecule has 1 aromatic heterocycles. The summed E-state index contributed by atoms with van der Waals surface area (Å²) in [6.45, 7) is 2.90. The topological polar surface area (TPSA) is 39.9 Å². The number of benzene rings is 2. The normalized spacial score (nSPS) is 10.9. The second-order valence-electron chi connectivity index (χ2n) is 5.39. The molecule has 4 nitrogen and oxygen atoms in total. The molecule has 0 bridgehead atoms. The highest BCUT2D eigenvalue weighted by Gasteiger charge is 2.14. The quantitative estimate of drug-likeness (QED) is 0.473. The molecule has 26 heavy (non-hydrogen) atoms. The van der Waals surface area contributed by atoms with Gasteiger partial charge in [-0.05, 0) is 36.8 Å². The third-order valence-corrected chi connectivity index (χ3v) is 5.22. The first-order valence-corrected chi connectivity index (χ1v) is 9.68. The lowest BCUT2D eigenvalue weighted by molar-refractivity contribution is 0.288. The maximum atomic E-state index is 13.8. The monoisotopic (exact) mass is 411 g/mol. The van der Waals surface area contributed by atoms with Gasteiger partial charge in [-0.15, -0.1) is 10.2 Å². The lowest BCUT2D eigenvalue weighted by Gasteiger charge is -2.10. The summed E-state index contributed by atoms with van der Waals surface area (Å²) < 4.78 is 21.4. The van der Waals surface area contributed by atoms with Crippen molar-refractivity contribution in [1.29, 1.82) is 0 Å². The predicted octanol–water partition coefficient (Wildman–Crippen LogP) is 5.62. The van der Waals surface area contributed by atoms with Crippen molar-refractivity contribution in [2.75, 3.05) is 0 Å². The minimum atomic E-state index is -0.219. The Hall–Kier alpha value is -1.76. The first-order valence-electron chi connectivity index (χ1n) is 7.94. The van der Waals surface area contributed by atoms with Gasteiger partial charge >= 0.3 is 0 Å². The van der Waals surface area contributed by atoms with Gasteiger partial charge in [0.1, 0.15) is 18.2 Å². The summed E-state index contributed by atoms with van der Waals surface area (Å²) in [5, 5.41) is 10.1. The third kappa shape index (κ3) is 4.50. The van der Waals surface area contributed by atoms with Gasteiger partial charge in [0.2, 0.25) is 0 Å². The van der Waals surface area contributed by atoms with E-state index in [1.165, 1.54) is 17.8 Å². The van der Waals surface area contributed by atoms with E-state index < -0.39 is 0 Å². The van der Waals surface area contributed by atoms with Crippen LogP contribution in [0.15, 0.2) is 47.6 Å². The highest BCUT2D eigenvalue weighted by atomic mass is 35.5. The van der Waals surface area contributed by atoms with Gasteiger partial charge < -0.3 is 9.30 Å². The van der Waals surface area contributed by atoms with Crippen LogP contribution < -0.4 is 4.74 Å². The van der Waals surface area contributed by atoms with Crippen LogP contribution in [0.3, 0.4) is 0 Å². The Morgan fingerprint density at radius 2 is 1.96 bits per heavy atom. The van der Waals surface area contributed by atoms with Crippen LogP contribution in [-0.2, 0) is 18.9 Å². The minimum Gasteiger partial charge on any atom is -0.484 e. The van der Waals surface area contributed by atoms with Crippen molar-refractivity contribution in [2.45, 2.75) is 31.0 Å². The Kier molecular flexibility index (Phi) is 6.40. The van der Waals surface area contributed by atoms with E-state index in [2.05, 4.69) is 10.2 Å². The molecule has 0 unspecified atom stereocenters. The molecular formula is C18H16Cl2FN3OS. The van der Waals surface area contributed by atoms with Gasteiger partial charge in [-0.25, -0.2) is 4.39 Å². The molecule has 1 heterocycles. The summed E-state index contributed by atoms with van der Waals surface area (Å²) in [5.41, 5.74) is 0.633. The fourth-order valence-electron chi connectivity index (χ4n) is 2.34. The van der Waals surface area contributed by atoms with E-state index in [-0.39, 0.29) is 12.4 Å². The molecule has 136 valence electrons. The van der Waals surface area contributed by atoms with E-state index in [0.29, 0.717) is 39.5 Å². The Labute approximate surface area is 165 Å². The molecular weight excluding hydrogens is 396 g/mol. The van der Waals surface area contributed by atoms with Crippen LogP contribution in [0, 0.1) is 5.82 Å². The number of thioether (sulfide) groups is 1. The van der Waals surface area contributed by atoms with E-state index in [1.54, 1.807) is 30.3 Å². The van der Waals surface area contributed by atoms with E-state index >= 15 is 0 Å². The zero-order valence-corrected chi connectivity index (χ0v) is 16.3. The van der Waals surface area contributed by atoms with Crippen molar-refractivity contribution in [2.24, 2.45) is 0 Å². The summed E-state index contributed by atoms with van der Waals surface area (Å²) in [7, 11) is 0. The lowest BCUT2D eigenvalue weighted by Crippen LogP contribution is -2.07. The average molecular weight is 412 g/mol. The largest absolute Gasteiger partial charge is 0.484 e. The SMILES string of the molecule is CCn1c(COc2ccc(Cl)cc2Cl)nnc1SCc1ccccc1F. The predicted molar refractivity (Wildman–Crippen MR) is 102 cm³/mol. The van der Waals surface area contributed by atoms with Crippen LogP contribution >= 0.6 is 35.0 Å². The van der Waals surface area contributed by atoms with Gasteiger partial charge in [0.25, 0.3) is 0 Å². The van der Waals surface area contributed by atoms with Crippen LogP contribution in [0.4, 0.5) is 4.39 Å². The summed E-state index contributed by atoms with van der Waals surface area (Å²) in [4.78, 5) is 0. The van der Waals surface area contributed by atoms with Crippen LogP contribution in [0.25, 0.3) is 0 Å². The van der Waals surface area contributed by atoms with Gasteiger partial charge in [-0.2, -0.15) is 0 Å². The number of ether oxygens (including phenoxy) is 1. The van der Waals surface area contributed by atoms with Crippen molar-refractivity contribution in [1.82, 2.24) is 14.8 Å². The molecule has 2 aromatic carbocycles. The molecule has 0 aliphatic heterocycles. The number of rotatable bonds is 7. The van der Waals surface area contributed by atoms with Crippen molar-refractivity contribution in [3.8, 4) is 5.75 Å². The maximum Gasteiger partial charge on any atom is 0.191 e. The van der Waals surface area contributed by atoms with Gasteiger partial charge in [0, 0.05) is 17.3 Å². The van der Waals surface area contributed by atoms with Gasteiger partial charge in [0.15, 0.2) is 11.0 Å². The zero-order valence-electron chi connectivity index (χ0n) is 14.0. The zero-order chi connectivity index (χ0) is 18.5. The van der Waals surface area contributed by atoms with Crippen LogP contribution in [-0.4, -0.2) is 14.8 Å². The number of nitrogens with zero attached hydrogens (tertiary/aromatic N) is 3. The Morgan fingerprint density at radius 1 is 1.15 bits per heavy atom. The third-order valence-electron chi connectivity index (χ3n) is 3.67. The second kappa shape index (κ2) is 8.75. The van der Waals surface area contributed by atoms with E-state index in [4.69, 9.17) is 27.9 Å². The van der Waals surface area contributed by atoms with Crippen molar-refractivity contribution < 1.29 is 9.13 Å². The van der Waals surface area contributed by atoms with E-state index in [0.717, 1.165) is 5.16 Å². The van der Waals surface area contributed by atoms with Crippen LogP contribution in [0.1, 0.15) is 18.3 Å². The molecule has 8 heteroatoms. The molecule has 0 saturated heterocycles. The fourth-order valence-corrected chi connectivity index (χ4v) is 3.81. The molecule has 3 rings (SSSR count). The molecule has 0 aliphatic rings. The molecule has 3 aromatic rings. The number of hydrogen-bond acceptors (Lipinski definition) is 4. The Balaban J connectivity index is 1.68. The standard InChI is InChI=1S/C18H16Cl2FN3OS/c1-2-24-17(10-25-16-8-7-13(19)9-14(16)20)22-23-18(24)26-11-12-5-3-4-6-15(12)21/h3-9H,2,10-11H2,1H3. The van der Waals surface area contributed by atoms with Gasteiger partial charge in [0.05, 0.1) is 5.02 Å². The second-order valence-corrected chi connectivity index (χ2v) is 7.17. The summed E-state index contributed by atoms with van der Waals surface area (Å²) in [6.07, 6.45) is 0. The van der Waals surface area contributed by atoms with Crippen LogP contribution in [0.5, 0.6) is 5.75 Å². The highest BCUT2D eigenvalue weighted by Crippen LogP contribution is 2.29.